The maximum absolute atomic E-state index is 13.7. The second kappa shape index (κ2) is 9.03. The molecule has 7 nitrogen and oxygen atoms in total. The van der Waals surface area contributed by atoms with Gasteiger partial charge in [0.2, 0.25) is 5.43 Å². The molecule has 1 aromatic carbocycles. The Hall–Kier alpha value is -3.36. The number of rotatable bonds is 8. The minimum atomic E-state index is -0.914. The molecule has 9 heteroatoms. The van der Waals surface area contributed by atoms with Gasteiger partial charge in [-0.25, -0.2) is 13.6 Å². The zero-order chi connectivity index (χ0) is 20.8. The molecule has 1 heterocycles. The number of carbonyl (C=O) groups is 3. The fourth-order valence-electron chi connectivity index (χ4n) is 2.67. The summed E-state index contributed by atoms with van der Waals surface area (Å²) in [6, 6.07) is 2.97. The number of aromatic nitrogens is 1. The van der Waals surface area contributed by atoms with Crippen LogP contribution in [0.1, 0.15) is 32.8 Å². The normalized spacial score (nSPS) is 10.4. The molecule has 0 radical (unpaired) electrons. The molecule has 0 aliphatic rings. The van der Waals surface area contributed by atoms with Crippen molar-refractivity contribution in [3.63, 3.8) is 0 Å². The predicted molar refractivity (Wildman–Crippen MR) is 93.7 cm³/mol. The lowest BCUT2D eigenvalue weighted by molar-refractivity contribution is -0.108. The molecule has 2 aromatic rings. The van der Waals surface area contributed by atoms with Crippen molar-refractivity contribution >= 4 is 18.0 Å². The number of benzene rings is 1. The van der Waals surface area contributed by atoms with Gasteiger partial charge in [-0.2, -0.15) is 0 Å². The van der Waals surface area contributed by atoms with Crippen LogP contribution in [0.25, 0.3) is 0 Å². The van der Waals surface area contributed by atoms with Crippen molar-refractivity contribution in [2.75, 3.05) is 14.2 Å². The first-order valence-corrected chi connectivity index (χ1v) is 8.14. The van der Waals surface area contributed by atoms with E-state index in [4.69, 9.17) is 4.74 Å². The van der Waals surface area contributed by atoms with Crippen LogP contribution in [0, 0.1) is 11.6 Å². The summed E-state index contributed by atoms with van der Waals surface area (Å²) >= 11 is 0. The van der Waals surface area contributed by atoms with Crippen LogP contribution in [0.4, 0.5) is 8.78 Å². The van der Waals surface area contributed by atoms with Gasteiger partial charge < -0.3 is 18.8 Å². The Morgan fingerprint density at radius 3 is 2.50 bits per heavy atom. The van der Waals surface area contributed by atoms with Crippen molar-refractivity contribution < 1.29 is 32.6 Å². The summed E-state index contributed by atoms with van der Waals surface area (Å²) in [6.45, 7) is -0.325. The molecule has 2 rings (SSSR count). The Balaban J connectivity index is 2.42. The summed E-state index contributed by atoms with van der Waals surface area (Å²) < 4.78 is 37.3. The van der Waals surface area contributed by atoms with Crippen LogP contribution in [0.5, 0.6) is 5.75 Å². The van der Waals surface area contributed by atoms with Crippen LogP contribution < -0.4 is 10.2 Å². The van der Waals surface area contributed by atoms with Crippen LogP contribution in [-0.2, 0) is 22.5 Å². The SMILES string of the molecule is COC(=O)c1c(OC)c(=O)c(C(=O)CCc2ccc(F)cc2F)cn1CC=O. The number of halogens is 2. The third-order valence-corrected chi connectivity index (χ3v) is 4.03. The minimum Gasteiger partial charge on any atom is -0.491 e. The summed E-state index contributed by atoms with van der Waals surface area (Å²) in [5.74, 6) is -3.55. The molecular weight excluding hydrogens is 376 g/mol. The summed E-state index contributed by atoms with van der Waals surface area (Å²) in [5.41, 5.74) is -1.37. The summed E-state index contributed by atoms with van der Waals surface area (Å²) in [5, 5.41) is 0. The number of hydrogen-bond donors (Lipinski definition) is 0. The highest BCUT2D eigenvalue weighted by atomic mass is 19.1. The number of aldehydes is 1. The maximum Gasteiger partial charge on any atom is 0.358 e. The van der Waals surface area contributed by atoms with Gasteiger partial charge in [-0.1, -0.05) is 6.07 Å². The Labute approximate surface area is 158 Å². The molecule has 0 aliphatic heterocycles. The van der Waals surface area contributed by atoms with E-state index >= 15 is 0 Å². The second-order valence-corrected chi connectivity index (χ2v) is 5.72. The number of hydrogen-bond acceptors (Lipinski definition) is 6. The summed E-state index contributed by atoms with van der Waals surface area (Å²) in [6.07, 6.45) is 1.21. The van der Waals surface area contributed by atoms with E-state index in [1.165, 1.54) is 6.07 Å². The number of pyridine rings is 1. The van der Waals surface area contributed by atoms with Gasteiger partial charge in [0.15, 0.2) is 17.2 Å². The van der Waals surface area contributed by atoms with Crippen molar-refractivity contribution in [1.29, 1.82) is 0 Å². The number of esters is 1. The molecule has 0 N–H and O–H groups in total. The number of methoxy groups -OCH3 is 2. The zero-order valence-corrected chi connectivity index (χ0v) is 15.2. The third kappa shape index (κ3) is 4.30. The van der Waals surface area contributed by atoms with Crippen LogP contribution in [-0.4, -0.2) is 36.8 Å². The number of aryl methyl sites for hydroxylation is 1. The molecule has 0 atom stereocenters. The molecular formula is C19H17F2NO6. The van der Waals surface area contributed by atoms with Crippen molar-refractivity contribution in [3.05, 3.63) is 63.1 Å². The molecule has 0 aliphatic carbocycles. The molecule has 0 saturated heterocycles. The van der Waals surface area contributed by atoms with Crippen molar-refractivity contribution in [1.82, 2.24) is 4.57 Å². The molecule has 28 heavy (non-hydrogen) atoms. The lowest BCUT2D eigenvalue weighted by atomic mass is 10.0. The molecule has 148 valence electrons. The lowest BCUT2D eigenvalue weighted by Crippen LogP contribution is -2.26. The Morgan fingerprint density at radius 2 is 1.93 bits per heavy atom. The summed E-state index contributed by atoms with van der Waals surface area (Å²) in [7, 11) is 2.23. The van der Waals surface area contributed by atoms with Crippen molar-refractivity contribution in [2.45, 2.75) is 19.4 Å². The minimum absolute atomic E-state index is 0.0703. The van der Waals surface area contributed by atoms with Gasteiger partial charge in [-0.05, 0) is 18.1 Å². The van der Waals surface area contributed by atoms with Crippen LogP contribution >= 0.6 is 0 Å². The average Bonchev–Trinajstić information content (AvgIpc) is 2.67. The topological polar surface area (TPSA) is 91.7 Å². The zero-order valence-electron chi connectivity index (χ0n) is 15.2. The number of ketones is 1. The smallest absolute Gasteiger partial charge is 0.358 e. The molecule has 0 bridgehead atoms. The highest BCUT2D eigenvalue weighted by Crippen LogP contribution is 2.18. The molecule has 0 fully saturated rings. The molecule has 0 spiro atoms. The summed E-state index contributed by atoms with van der Waals surface area (Å²) in [4.78, 5) is 48.0. The first-order valence-electron chi connectivity index (χ1n) is 8.14. The number of carbonyl (C=O) groups excluding carboxylic acids is 3. The monoisotopic (exact) mass is 393 g/mol. The first-order chi connectivity index (χ1) is 13.3. The second-order valence-electron chi connectivity index (χ2n) is 5.72. The van der Waals surface area contributed by atoms with E-state index in [1.54, 1.807) is 0 Å². The fourth-order valence-corrected chi connectivity index (χ4v) is 2.67. The molecule has 0 saturated carbocycles. The Bertz CT molecular complexity index is 983. The Morgan fingerprint density at radius 1 is 1.21 bits per heavy atom. The van der Waals surface area contributed by atoms with E-state index in [2.05, 4.69) is 4.74 Å². The van der Waals surface area contributed by atoms with Gasteiger partial charge in [0.25, 0.3) is 0 Å². The van der Waals surface area contributed by atoms with Gasteiger partial charge in [-0.3, -0.25) is 9.59 Å². The average molecular weight is 393 g/mol. The van der Waals surface area contributed by atoms with E-state index < -0.39 is 34.6 Å². The van der Waals surface area contributed by atoms with E-state index in [-0.39, 0.29) is 36.2 Å². The molecule has 0 amide bonds. The first kappa shape index (κ1) is 20.9. The van der Waals surface area contributed by atoms with Gasteiger partial charge in [-0.15, -0.1) is 0 Å². The van der Waals surface area contributed by atoms with Gasteiger partial charge >= 0.3 is 5.97 Å². The van der Waals surface area contributed by atoms with Crippen molar-refractivity contribution in [3.8, 4) is 5.75 Å². The predicted octanol–water partition coefficient (Wildman–Crippen LogP) is 1.94. The van der Waals surface area contributed by atoms with E-state index in [9.17, 15) is 28.0 Å². The quantitative estimate of drug-likeness (QED) is 0.387. The third-order valence-electron chi connectivity index (χ3n) is 4.03. The van der Waals surface area contributed by atoms with Gasteiger partial charge in [0.1, 0.15) is 17.9 Å². The number of nitrogens with zero attached hydrogens (tertiary/aromatic N) is 1. The lowest BCUT2D eigenvalue weighted by Gasteiger charge is -2.15. The molecule has 1 aromatic heterocycles. The number of Topliss-reactive ketones (excluding diaryl/α,β-unsaturated/α-hetero) is 1. The van der Waals surface area contributed by atoms with E-state index in [0.29, 0.717) is 12.4 Å². The molecule has 0 unspecified atom stereocenters. The van der Waals surface area contributed by atoms with Crippen LogP contribution in [0.3, 0.4) is 0 Å². The van der Waals surface area contributed by atoms with Crippen LogP contribution in [0.15, 0.2) is 29.2 Å². The van der Waals surface area contributed by atoms with Crippen LogP contribution in [0.2, 0.25) is 0 Å². The van der Waals surface area contributed by atoms with E-state index in [1.807, 2.05) is 0 Å². The van der Waals surface area contributed by atoms with E-state index in [0.717, 1.165) is 31.0 Å². The fraction of sp³-hybridized carbons (Fsp3) is 0.263. The highest BCUT2D eigenvalue weighted by Gasteiger charge is 2.25. The number of ether oxygens (including phenoxy) is 2. The van der Waals surface area contributed by atoms with Gasteiger partial charge in [0.05, 0.1) is 26.3 Å². The standard InChI is InChI=1S/C19H17F2NO6/c1-27-18-16(19(26)28-2)22(7-8-23)10-13(17(18)25)15(24)6-4-11-3-5-12(20)9-14(11)21/h3,5,8-10H,4,6-7H2,1-2H3. The Kier molecular flexibility index (Phi) is 6.75. The maximum atomic E-state index is 13.7. The highest BCUT2D eigenvalue weighted by molar-refractivity contribution is 5.98. The largest absolute Gasteiger partial charge is 0.491 e. The van der Waals surface area contributed by atoms with Crippen molar-refractivity contribution in [2.24, 2.45) is 0 Å². The van der Waals surface area contributed by atoms with Gasteiger partial charge in [0, 0.05) is 18.7 Å².